The summed E-state index contributed by atoms with van der Waals surface area (Å²) in [6.07, 6.45) is 8.70. The van der Waals surface area contributed by atoms with Gasteiger partial charge in [0.2, 0.25) is 0 Å². The lowest BCUT2D eigenvalue weighted by molar-refractivity contribution is 0.199. The van der Waals surface area contributed by atoms with E-state index in [4.69, 9.17) is 4.74 Å². The van der Waals surface area contributed by atoms with Crippen LogP contribution >= 0.6 is 0 Å². The van der Waals surface area contributed by atoms with Crippen LogP contribution in [-0.4, -0.2) is 38.3 Å². The third-order valence-corrected chi connectivity index (χ3v) is 4.10. The number of methoxy groups -OCH3 is 1. The third kappa shape index (κ3) is 4.46. The van der Waals surface area contributed by atoms with E-state index < -0.39 is 0 Å². The first-order valence-corrected chi connectivity index (χ1v) is 7.68. The Kier molecular flexibility index (Phi) is 6.27. The minimum atomic E-state index is 0.668. The first-order chi connectivity index (χ1) is 9.81. The zero-order valence-electron chi connectivity index (χ0n) is 12.8. The second-order valence-electron chi connectivity index (χ2n) is 5.60. The van der Waals surface area contributed by atoms with Crippen molar-refractivity contribution in [2.45, 2.75) is 44.7 Å². The van der Waals surface area contributed by atoms with Gasteiger partial charge in [-0.3, -0.25) is 0 Å². The van der Waals surface area contributed by atoms with E-state index in [1.807, 2.05) is 6.20 Å². The molecule has 112 valence electrons. The summed E-state index contributed by atoms with van der Waals surface area (Å²) in [6.45, 7) is 2.47. The van der Waals surface area contributed by atoms with Crippen molar-refractivity contribution in [2.24, 2.45) is 0 Å². The van der Waals surface area contributed by atoms with Crippen molar-refractivity contribution in [3.05, 3.63) is 23.9 Å². The van der Waals surface area contributed by atoms with Gasteiger partial charge in [0.05, 0.1) is 6.61 Å². The average molecular weight is 277 g/mol. The van der Waals surface area contributed by atoms with Crippen LogP contribution in [0.1, 0.15) is 37.7 Å². The molecule has 1 heterocycles. The third-order valence-electron chi connectivity index (χ3n) is 4.10. The predicted octanol–water partition coefficient (Wildman–Crippen LogP) is 2.59. The number of hydrogen-bond acceptors (Lipinski definition) is 4. The highest BCUT2D eigenvalue weighted by atomic mass is 16.5. The summed E-state index contributed by atoms with van der Waals surface area (Å²) >= 11 is 0. The van der Waals surface area contributed by atoms with Crippen LogP contribution < -0.4 is 10.2 Å². The predicted molar refractivity (Wildman–Crippen MR) is 83.1 cm³/mol. The lowest BCUT2D eigenvalue weighted by atomic mass is 9.94. The molecule has 0 aliphatic heterocycles. The van der Waals surface area contributed by atoms with Crippen molar-refractivity contribution in [3.63, 3.8) is 0 Å². The standard InChI is InChI=1S/C16H27N3O/c1-19(15-6-4-3-5-7-15)16-9-8-14(13-18-16)12-17-10-11-20-2/h8-9,13,15,17H,3-7,10-12H2,1-2H3. The van der Waals surface area contributed by atoms with Crippen LogP contribution in [0.5, 0.6) is 0 Å². The number of aromatic nitrogens is 1. The van der Waals surface area contributed by atoms with E-state index in [-0.39, 0.29) is 0 Å². The van der Waals surface area contributed by atoms with Crippen molar-refractivity contribution in [2.75, 3.05) is 32.2 Å². The van der Waals surface area contributed by atoms with Crippen molar-refractivity contribution in [1.29, 1.82) is 0 Å². The Balaban J connectivity index is 1.83. The minimum Gasteiger partial charge on any atom is -0.383 e. The van der Waals surface area contributed by atoms with E-state index in [9.17, 15) is 0 Å². The van der Waals surface area contributed by atoms with Gasteiger partial charge in [-0.2, -0.15) is 0 Å². The van der Waals surface area contributed by atoms with Crippen molar-refractivity contribution < 1.29 is 4.74 Å². The largest absolute Gasteiger partial charge is 0.383 e. The second kappa shape index (κ2) is 8.22. The van der Waals surface area contributed by atoms with Crippen LogP contribution in [0.2, 0.25) is 0 Å². The summed E-state index contributed by atoms with van der Waals surface area (Å²) in [5.74, 6) is 1.09. The SMILES string of the molecule is COCCNCc1ccc(N(C)C2CCCCC2)nc1. The Labute approximate surface area is 122 Å². The van der Waals surface area contributed by atoms with Crippen LogP contribution in [0.15, 0.2) is 18.3 Å². The van der Waals surface area contributed by atoms with E-state index in [0.717, 1.165) is 25.5 Å². The van der Waals surface area contributed by atoms with E-state index in [2.05, 4.69) is 34.4 Å². The molecule has 0 unspecified atom stereocenters. The second-order valence-corrected chi connectivity index (χ2v) is 5.60. The first kappa shape index (κ1) is 15.3. The van der Waals surface area contributed by atoms with Crippen LogP contribution in [0.25, 0.3) is 0 Å². The van der Waals surface area contributed by atoms with Gasteiger partial charge in [0, 0.05) is 39.5 Å². The number of nitrogens with zero attached hydrogens (tertiary/aromatic N) is 2. The maximum Gasteiger partial charge on any atom is 0.128 e. The summed E-state index contributed by atoms with van der Waals surface area (Å²) < 4.78 is 5.01. The quantitative estimate of drug-likeness (QED) is 0.777. The van der Waals surface area contributed by atoms with E-state index in [1.54, 1.807) is 7.11 Å². The lowest BCUT2D eigenvalue weighted by Crippen LogP contribution is -2.33. The Morgan fingerprint density at radius 2 is 2.10 bits per heavy atom. The summed E-state index contributed by atoms with van der Waals surface area (Å²) in [5, 5.41) is 3.34. The molecule has 0 amide bonds. The van der Waals surface area contributed by atoms with Crippen molar-refractivity contribution >= 4 is 5.82 Å². The molecular weight excluding hydrogens is 250 g/mol. The van der Waals surface area contributed by atoms with Gasteiger partial charge in [-0.05, 0) is 24.5 Å². The average Bonchev–Trinajstić information content (AvgIpc) is 2.52. The van der Waals surface area contributed by atoms with Crippen molar-refractivity contribution in [1.82, 2.24) is 10.3 Å². The van der Waals surface area contributed by atoms with Gasteiger partial charge in [0.25, 0.3) is 0 Å². The Bertz CT molecular complexity index is 374. The molecule has 1 N–H and O–H groups in total. The number of pyridine rings is 1. The Morgan fingerprint density at radius 1 is 1.30 bits per heavy atom. The van der Waals surface area contributed by atoms with Gasteiger partial charge in [-0.15, -0.1) is 0 Å². The number of ether oxygens (including phenoxy) is 1. The molecule has 0 spiro atoms. The fourth-order valence-corrected chi connectivity index (χ4v) is 2.79. The molecule has 0 bridgehead atoms. The van der Waals surface area contributed by atoms with Crippen LogP contribution in [-0.2, 0) is 11.3 Å². The molecule has 0 saturated heterocycles. The highest BCUT2D eigenvalue weighted by Gasteiger charge is 2.18. The van der Waals surface area contributed by atoms with Gasteiger partial charge < -0.3 is 15.0 Å². The zero-order chi connectivity index (χ0) is 14.2. The van der Waals surface area contributed by atoms with Crippen LogP contribution in [0.3, 0.4) is 0 Å². The number of anilines is 1. The topological polar surface area (TPSA) is 37.4 Å². The van der Waals surface area contributed by atoms with Gasteiger partial charge in [-0.25, -0.2) is 4.98 Å². The molecule has 1 aromatic rings. The zero-order valence-corrected chi connectivity index (χ0v) is 12.8. The van der Waals surface area contributed by atoms with Crippen molar-refractivity contribution in [3.8, 4) is 0 Å². The molecule has 1 fully saturated rings. The molecule has 0 aromatic carbocycles. The summed E-state index contributed by atoms with van der Waals surface area (Å²) in [6, 6.07) is 4.98. The number of hydrogen-bond donors (Lipinski definition) is 1. The minimum absolute atomic E-state index is 0.668. The number of rotatable bonds is 7. The fourth-order valence-electron chi connectivity index (χ4n) is 2.79. The Hall–Kier alpha value is -1.13. The van der Waals surface area contributed by atoms with E-state index >= 15 is 0 Å². The molecule has 4 heteroatoms. The van der Waals surface area contributed by atoms with Gasteiger partial charge in [-0.1, -0.05) is 25.3 Å². The molecule has 1 aliphatic rings. The normalized spacial score (nSPS) is 16.3. The maximum absolute atomic E-state index is 5.01. The molecule has 0 radical (unpaired) electrons. The molecule has 1 saturated carbocycles. The fraction of sp³-hybridized carbons (Fsp3) is 0.688. The molecule has 4 nitrogen and oxygen atoms in total. The first-order valence-electron chi connectivity index (χ1n) is 7.68. The summed E-state index contributed by atoms with van der Waals surface area (Å²) in [7, 11) is 3.90. The highest BCUT2D eigenvalue weighted by Crippen LogP contribution is 2.24. The lowest BCUT2D eigenvalue weighted by Gasteiger charge is -2.32. The van der Waals surface area contributed by atoms with Gasteiger partial charge >= 0.3 is 0 Å². The van der Waals surface area contributed by atoms with E-state index in [0.29, 0.717) is 6.04 Å². The molecule has 1 aromatic heterocycles. The molecular formula is C16H27N3O. The molecule has 2 rings (SSSR count). The summed E-state index contributed by atoms with van der Waals surface area (Å²) in [5.41, 5.74) is 1.22. The van der Waals surface area contributed by atoms with Crippen LogP contribution in [0.4, 0.5) is 5.82 Å². The molecule has 0 atom stereocenters. The summed E-state index contributed by atoms with van der Waals surface area (Å²) in [4.78, 5) is 6.96. The maximum atomic E-state index is 5.01. The smallest absolute Gasteiger partial charge is 0.128 e. The monoisotopic (exact) mass is 277 g/mol. The highest BCUT2D eigenvalue weighted by molar-refractivity contribution is 5.39. The molecule has 1 aliphatic carbocycles. The Morgan fingerprint density at radius 3 is 2.75 bits per heavy atom. The van der Waals surface area contributed by atoms with Gasteiger partial charge in [0.1, 0.15) is 5.82 Å². The van der Waals surface area contributed by atoms with Crippen LogP contribution in [0, 0.1) is 0 Å². The van der Waals surface area contributed by atoms with E-state index in [1.165, 1.54) is 37.7 Å². The molecule has 20 heavy (non-hydrogen) atoms. The number of nitrogens with one attached hydrogen (secondary N) is 1. The van der Waals surface area contributed by atoms with Gasteiger partial charge in [0.15, 0.2) is 0 Å².